The number of aromatic nitrogens is 1. The maximum atomic E-state index is 13.4. The number of ether oxygens (including phenoxy) is 1. The van der Waals surface area contributed by atoms with Gasteiger partial charge in [0.1, 0.15) is 11.5 Å². The van der Waals surface area contributed by atoms with Crippen LogP contribution >= 0.6 is 11.8 Å². The minimum Gasteiger partial charge on any atom is -0.483 e. The van der Waals surface area contributed by atoms with Crippen LogP contribution in [-0.2, 0) is 26.2 Å². The number of carbonyl (C=O) groups is 2. The van der Waals surface area contributed by atoms with Gasteiger partial charge in [0, 0.05) is 29.2 Å². The van der Waals surface area contributed by atoms with Gasteiger partial charge in [-0.15, -0.1) is 5.10 Å². The number of primary sulfonamides is 1. The number of pyridine rings is 1. The number of nitrogens with two attached hydrogens (primary N) is 1. The summed E-state index contributed by atoms with van der Waals surface area (Å²) < 4.78 is 34.1. The lowest BCUT2D eigenvalue weighted by atomic mass is 10.2. The van der Waals surface area contributed by atoms with Crippen LogP contribution in [0.2, 0.25) is 0 Å². The normalized spacial score (nSPS) is 15.5. The Morgan fingerprint density at radius 2 is 1.91 bits per heavy atom. The van der Waals surface area contributed by atoms with Gasteiger partial charge in [-0.1, -0.05) is 24.3 Å². The van der Waals surface area contributed by atoms with Crippen LogP contribution < -0.4 is 15.2 Å². The van der Waals surface area contributed by atoms with Crippen molar-refractivity contribution in [3.8, 4) is 5.75 Å². The Morgan fingerprint density at radius 3 is 2.63 bits per heavy atom. The molecule has 1 saturated heterocycles. The zero-order valence-electron chi connectivity index (χ0n) is 22.4. The molecule has 14 heteroatoms. The van der Waals surface area contributed by atoms with E-state index in [0.717, 1.165) is 17.3 Å². The maximum Gasteiger partial charge on any atom is 0.267 e. The highest BCUT2D eigenvalue weighted by Crippen LogP contribution is 2.35. The van der Waals surface area contributed by atoms with Crippen LogP contribution in [-0.4, -0.2) is 48.1 Å². The van der Waals surface area contributed by atoms with Crippen molar-refractivity contribution >= 4 is 56.7 Å². The van der Waals surface area contributed by atoms with Gasteiger partial charge in [-0.2, -0.15) is 5.10 Å². The molecule has 12 nitrogen and oxygen atoms in total. The largest absolute Gasteiger partial charge is 0.483 e. The van der Waals surface area contributed by atoms with Gasteiger partial charge in [0.2, 0.25) is 10.0 Å². The standard InChI is InChI=1S/C29H24N6O6S2/c30-43(38,39)24-11-9-22(10-12-24)33-27(36)19-41-25-8-2-1-6-21(25)15-26-28(37)35(18-23-7-4-14-40-23)29(42-26)34-32-17-20-5-3-13-31-16-20/h1-17H,18-19H2,(H,33,36)(H2,30,38,39)/b26-15-,32-17+,34-29-. The number of nitrogens with zero attached hydrogens (tertiary/aromatic N) is 4. The number of hydrogen-bond donors (Lipinski definition) is 2. The van der Waals surface area contributed by atoms with E-state index in [9.17, 15) is 18.0 Å². The van der Waals surface area contributed by atoms with Crippen molar-refractivity contribution in [1.29, 1.82) is 0 Å². The molecule has 0 spiro atoms. The zero-order valence-corrected chi connectivity index (χ0v) is 24.0. The van der Waals surface area contributed by atoms with Gasteiger partial charge in [-0.05, 0) is 66.4 Å². The fourth-order valence-electron chi connectivity index (χ4n) is 3.82. The van der Waals surface area contributed by atoms with Crippen molar-refractivity contribution in [3.63, 3.8) is 0 Å². The third-order valence-corrected chi connectivity index (χ3v) is 7.77. The Labute approximate surface area is 251 Å². The van der Waals surface area contributed by atoms with Crippen LogP contribution in [0.5, 0.6) is 5.75 Å². The molecule has 0 unspecified atom stereocenters. The minimum absolute atomic E-state index is 0.0701. The third kappa shape index (κ3) is 7.82. The molecule has 1 aliphatic heterocycles. The molecule has 2 aromatic heterocycles. The van der Waals surface area contributed by atoms with E-state index in [1.807, 2.05) is 6.07 Å². The number of amides is 2. The van der Waals surface area contributed by atoms with Crippen molar-refractivity contribution in [1.82, 2.24) is 9.88 Å². The van der Waals surface area contributed by atoms with Gasteiger partial charge in [-0.3, -0.25) is 19.5 Å². The molecule has 2 aromatic carbocycles. The van der Waals surface area contributed by atoms with Gasteiger partial charge in [0.05, 0.1) is 28.8 Å². The van der Waals surface area contributed by atoms with E-state index >= 15 is 0 Å². The molecule has 0 saturated carbocycles. The summed E-state index contributed by atoms with van der Waals surface area (Å²) in [4.78, 5) is 31.8. The summed E-state index contributed by atoms with van der Waals surface area (Å²) in [6, 6.07) is 19.5. The Balaban J connectivity index is 1.31. The van der Waals surface area contributed by atoms with Gasteiger partial charge in [-0.25, -0.2) is 13.6 Å². The predicted molar refractivity (Wildman–Crippen MR) is 162 cm³/mol. The Bertz CT molecular complexity index is 1810. The molecule has 0 radical (unpaired) electrons. The number of furan rings is 1. The first kappa shape index (κ1) is 29.4. The summed E-state index contributed by atoms with van der Waals surface area (Å²) in [6.07, 6.45) is 8.03. The van der Waals surface area contributed by atoms with E-state index in [1.54, 1.807) is 67.1 Å². The first-order valence-corrected chi connectivity index (χ1v) is 15.0. The van der Waals surface area contributed by atoms with Gasteiger partial charge >= 0.3 is 0 Å². The Hall–Kier alpha value is -5.05. The SMILES string of the molecule is NS(=O)(=O)c1ccc(NC(=O)COc2ccccc2/C=C2\S/C(=N\N=C\c3cccnc3)N(Cc3ccco3)C2=O)cc1. The second-order valence-electron chi connectivity index (χ2n) is 8.94. The lowest BCUT2D eigenvalue weighted by Crippen LogP contribution is -2.28. The number of sulfonamides is 1. The van der Waals surface area contributed by atoms with E-state index in [0.29, 0.717) is 32.8 Å². The topological polar surface area (TPSA) is 170 Å². The highest BCUT2D eigenvalue weighted by atomic mass is 32.2. The molecular weight excluding hydrogens is 592 g/mol. The van der Waals surface area contributed by atoms with Crippen molar-refractivity contribution < 1.29 is 27.2 Å². The van der Waals surface area contributed by atoms with Crippen molar-refractivity contribution in [2.45, 2.75) is 11.4 Å². The molecule has 4 aromatic rings. The number of para-hydroxylation sites is 1. The molecule has 2 amide bonds. The molecule has 1 aliphatic rings. The number of hydrogen-bond acceptors (Lipinski definition) is 10. The van der Waals surface area contributed by atoms with Gasteiger partial charge in [0.15, 0.2) is 11.8 Å². The zero-order chi connectivity index (χ0) is 30.2. The fraction of sp³-hybridized carbons (Fsp3) is 0.0690. The highest BCUT2D eigenvalue weighted by Gasteiger charge is 2.34. The van der Waals surface area contributed by atoms with Crippen LogP contribution in [0.3, 0.4) is 0 Å². The smallest absolute Gasteiger partial charge is 0.267 e. The molecule has 5 rings (SSSR count). The van der Waals surface area contributed by atoms with Crippen molar-refractivity contribution in [2.24, 2.45) is 15.3 Å². The summed E-state index contributed by atoms with van der Waals surface area (Å²) in [7, 11) is -3.84. The van der Waals surface area contributed by atoms with E-state index in [4.69, 9.17) is 14.3 Å². The summed E-state index contributed by atoms with van der Waals surface area (Å²) in [5.41, 5.74) is 1.70. The quantitative estimate of drug-likeness (QED) is 0.154. The van der Waals surface area contributed by atoms with Gasteiger partial charge in [0.25, 0.3) is 11.8 Å². The third-order valence-electron chi connectivity index (χ3n) is 5.85. The van der Waals surface area contributed by atoms with Crippen LogP contribution in [0.4, 0.5) is 5.69 Å². The molecule has 3 heterocycles. The van der Waals surface area contributed by atoms with E-state index in [1.165, 1.54) is 35.4 Å². The minimum atomic E-state index is -3.84. The van der Waals surface area contributed by atoms with Crippen LogP contribution in [0.15, 0.2) is 116 Å². The maximum absolute atomic E-state index is 13.4. The molecule has 0 atom stereocenters. The number of amidine groups is 1. The predicted octanol–water partition coefficient (Wildman–Crippen LogP) is 3.85. The summed E-state index contributed by atoms with van der Waals surface area (Å²) in [5, 5.41) is 16.5. The second kappa shape index (κ2) is 13.3. The summed E-state index contributed by atoms with van der Waals surface area (Å²) in [5.74, 6) is 0.184. The van der Waals surface area contributed by atoms with E-state index in [-0.39, 0.29) is 24.0 Å². The first-order valence-electron chi connectivity index (χ1n) is 12.7. The highest BCUT2D eigenvalue weighted by molar-refractivity contribution is 8.18. The average molecular weight is 617 g/mol. The number of nitrogens with one attached hydrogen (secondary N) is 1. The molecule has 3 N–H and O–H groups in total. The molecule has 218 valence electrons. The summed E-state index contributed by atoms with van der Waals surface area (Å²) >= 11 is 1.15. The molecule has 43 heavy (non-hydrogen) atoms. The number of carbonyl (C=O) groups excluding carboxylic acids is 2. The second-order valence-corrected chi connectivity index (χ2v) is 11.5. The Kier molecular flexibility index (Phi) is 9.10. The molecule has 0 bridgehead atoms. The van der Waals surface area contributed by atoms with Crippen LogP contribution in [0.1, 0.15) is 16.9 Å². The molecule has 0 aliphatic carbocycles. The number of anilines is 1. The fourth-order valence-corrected chi connectivity index (χ4v) is 5.26. The van der Waals surface area contributed by atoms with Crippen LogP contribution in [0, 0.1) is 0 Å². The van der Waals surface area contributed by atoms with E-state index < -0.39 is 15.9 Å². The number of rotatable bonds is 10. The molecular formula is C29H24N6O6S2. The number of thioether (sulfide) groups is 1. The van der Waals surface area contributed by atoms with Crippen LogP contribution in [0.25, 0.3) is 6.08 Å². The molecule has 1 fully saturated rings. The lowest BCUT2D eigenvalue weighted by molar-refractivity contribution is -0.122. The first-order chi connectivity index (χ1) is 20.8. The number of benzene rings is 2. The lowest BCUT2D eigenvalue weighted by Gasteiger charge is -2.12. The Morgan fingerprint density at radius 1 is 1.09 bits per heavy atom. The monoisotopic (exact) mass is 616 g/mol. The van der Waals surface area contributed by atoms with Gasteiger partial charge < -0.3 is 14.5 Å². The van der Waals surface area contributed by atoms with Crippen molar-refractivity contribution in [2.75, 3.05) is 11.9 Å². The van der Waals surface area contributed by atoms with E-state index in [2.05, 4.69) is 20.5 Å². The summed E-state index contributed by atoms with van der Waals surface area (Å²) in [6.45, 7) is -0.174. The van der Waals surface area contributed by atoms with Crippen molar-refractivity contribution in [3.05, 3.63) is 113 Å². The average Bonchev–Trinajstić information content (AvgIpc) is 3.61.